The molecule has 1 amide bonds. The lowest BCUT2D eigenvalue weighted by Crippen LogP contribution is -2.46. The maximum absolute atomic E-state index is 14.0. The maximum Gasteiger partial charge on any atom is 0.264 e. The van der Waals surface area contributed by atoms with Crippen molar-refractivity contribution >= 4 is 50.2 Å². The molecule has 1 aliphatic heterocycles. The van der Waals surface area contributed by atoms with Gasteiger partial charge in [-0.05, 0) is 68.3 Å². The van der Waals surface area contributed by atoms with E-state index in [1.807, 2.05) is 19.1 Å². The Morgan fingerprint density at radius 2 is 1.79 bits per heavy atom. The summed E-state index contributed by atoms with van der Waals surface area (Å²) >= 11 is 6.01. The molecule has 1 aromatic heterocycles. The Balaban J connectivity index is 1.33. The number of aromatic nitrogens is 1. The van der Waals surface area contributed by atoms with Gasteiger partial charge in [-0.15, -0.1) is 0 Å². The molecule has 1 aliphatic rings. The number of para-hydroxylation sites is 2. The molecule has 13 heteroatoms. The number of sulfonamides is 1. The van der Waals surface area contributed by atoms with E-state index < -0.39 is 46.3 Å². The number of rotatable bonds is 16. The molecule has 254 valence electrons. The minimum absolute atomic E-state index is 0.0251. The molecule has 2 heterocycles. The predicted molar refractivity (Wildman–Crippen MR) is 181 cm³/mol. The summed E-state index contributed by atoms with van der Waals surface area (Å²) in [5.41, 5.74) is 8.46. The number of ether oxygens (including phenoxy) is 1. The number of Topliss-reactive ketones (excluding diaryl/α,β-unsaturated/α-hetero) is 2. The molecule has 0 saturated carbocycles. The Labute approximate surface area is 284 Å². The van der Waals surface area contributed by atoms with Gasteiger partial charge in [0, 0.05) is 30.3 Å². The number of nitrogens with one attached hydrogen (secondary N) is 1. The Morgan fingerprint density at radius 1 is 1.06 bits per heavy atom. The van der Waals surface area contributed by atoms with E-state index in [1.165, 1.54) is 17.0 Å². The normalized spacial score (nSPS) is 17.1. The lowest BCUT2D eigenvalue weighted by atomic mass is 9.89. The quantitative estimate of drug-likeness (QED) is 0.123. The molecular weight excluding hydrogens is 656 g/mol. The van der Waals surface area contributed by atoms with Crippen molar-refractivity contribution in [3.8, 4) is 0 Å². The molecule has 4 aromatic rings. The number of benzene rings is 3. The largest absolute Gasteiger partial charge is 0.434 e. The number of carbonyl (C=O) groups is 3. The Morgan fingerprint density at radius 3 is 2.50 bits per heavy atom. The number of oxazole rings is 1. The van der Waals surface area contributed by atoms with E-state index in [0.29, 0.717) is 41.9 Å². The highest BCUT2D eigenvalue weighted by Crippen LogP contribution is 2.28. The van der Waals surface area contributed by atoms with Gasteiger partial charge in [-0.3, -0.25) is 14.4 Å². The van der Waals surface area contributed by atoms with Gasteiger partial charge in [0.2, 0.25) is 21.7 Å². The molecule has 0 aliphatic carbocycles. The van der Waals surface area contributed by atoms with Crippen molar-refractivity contribution in [2.45, 2.75) is 62.7 Å². The fraction of sp³-hybridized carbons (Fsp3) is 0.371. The second-order valence-corrected chi connectivity index (χ2v) is 14.2. The van der Waals surface area contributed by atoms with Crippen LogP contribution in [-0.4, -0.2) is 67.6 Å². The van der Waals surface area contributed by atoms with Crippen LogP contribution in [0.1, 0.15) is 53.9 Å². The number of hydrogen-bond acceptors (Lipinski definition) is 9. The third-order valence-electron chi connectivity index (χ3n) is 8.43. The fourth-order valence-electron chi connectivity index (χ4n) is 5.74. The lowest BCUT2D eigenvalue weighted by molar-refractivity contribution is -0.137. The summed E-state index contributed by atoms with van der Waals surface area (Å²) in [5.74, 6) is -2.12. The zero-order chi connectivity index (χ0) is 34.3. The van der Waals surface area contributed by atoms with Crippen molar-refractivity contribution in [1.82, 2.24) is 14.6 Å². The van der Waals surface area contributed by atoms with Crippen LogP contribution < -0.4 is 10.5 Å². The number of amides is 1. The lowest BCUT2D eigenvalue weighted by Gasteiger charge is -2.25. The van der Waals surface area contributed by atoms with Crippen LogP contribution in [0.25, 0.3) is 11.1 Å². The number of unbranched alkanes of at least 4 members (excludes halogenated alkanes) is 1. The molecule has 0 radical (unpaired) electrons. The monoisotopic (exact) mass is 694 g/mol. The smallest absolute Gasteiger partial charge is 0.264 e. The van der Waals surface area contributed by atoms with Crippen molar-refractivity contribution in [3.63, 3.8) is 0 Å². The van der Waals surface area contributed by atoms with E-state index >= 15 is 0 Å². The van der Waals surface area contributed by atoms with Gasteiger partial charge >= 0.3 is 0 Å². The van der Waals surface area contributed by atoms with Crippen LogP contribution in [0.5, 0.6) is 0 Å². The van der Waals surface area contributed by atoms with Gasteiger partial charge in [0.25, 0.3) is 5.89 Å². The van der Waals surface area contributed by atoms with Crippen molar-refractivity contribution in [1.29, 1.82) is 0 Å². The average Bonchev–Trinajstić information content (AvgIpc) is 3.72. The predicted octanol–water partition coefficient (Wildman–Crippen LogP) is 4.84. The third-order valence-corrected chi connectivity index (χ3v) is 10.1. The van der Waals surface area contributed by atoms with Gasteiger partial charge in [0.15, 0.2) is 11.4 Å². The fourth-order valence-corrected chi connectivity index (χ4v) is 6.85. The first-order valence-electron chi connectivity index (χ1n) is 15.9. The van der Waals surface area contributed by atoms with Gasteiger partial charge in [0.1, 0.15) is 5.52 Å². The maximum atomic E-state index is 14.0. The number of likely N-dealkylation sites (tertiary alicyclic amines) is 1. The van der Waals surface area contributed by atoms with Gasteiger partial charge in [-0.1, -0.05) is 60.0 Å². The summed E-state index contributed by atoms with van der Waals surface area (Å²) in [5, 5.41) is 0.587. The number of nitrogens with zero attached hydrogens (tertiary/aromatic N) is 2. The van der Waals surface area contributed by atoms with E-state index in [9.17, 15) is 22.8 Å². The number of ketones is 2. The van der Waals surface area contributed by atoms with Crippen LogP contribution in [-0.2, 0) is 31.0 Å². The standard InChI is InChI=1S/C35H39ClN4O7S/c1-23-9-15-28(16-10-23)48(44,45)38-20-33(42)40-21-27(46-22-24-11-13-26(36)14-12-24)19-30(40)31(41)18-25(6-4-5-17-37)34(43)35-39-29-7-2-3-8-32(29)47-35/h2-3,7-16,25,27,30,38H,4-6,17-22,37H2,1H3/t25-,27-,30+/m1/s1. The summed E-state index contributed by atoms with van der Waals surface area (Å²) in [6.07, 6.45) is 1.19. The number of halogens is 1. The highest BCUT2D eigenvalue weighted by Gasteiger charge is 2.41. The highest BCUT2D eigenvalue weighted by molar-refractivity contribution is 7.89. The van der Waals surface area contributed by atoms with Crippen molar-refractivity contribution in [2.24, 2.45) is 11.7 Å². The molecule has 48 heavy (non-hydrogen) atoms. The summed E-state index contributed by atoms with van der Waals surface area (Å²) in [7, 11) is -3.98. The SMILES string of the molecule is Cc1ccc(S(=O)(=O)NCC(=O)N2C[C@H](OCc3ccc(Cl)cc3)C[C@H]2C(=O)C[C@@H](CCCCN)C(=O)c2nc3ccccc3o2)cc1. The minimum atomic E-state index is -3.98. The molecule has 0 unspecified atom stereocenters. The molecule has 3 N–H and O–H groups in total. The number of nitrogens with two attached hydrogens (primary N) is 1. The van der Waals surface area contributed by atoms with Crippen LogP contribution in [0.15, 0.2) is 82.1 Å². The molecule has 3 aromatic carbocycles. The zero-order valence-corrected chi connectivity index (χ0v) is 28.2. The third kappa shape index (κ3) is 8.94. The van der Waals surface area contributed by atoms with Crippen molar-refractivity contribution < 1.29 is 32.0 Å². The van der Waals surface area contributed by atoms with E-state index in [4.69, 9.17) is 26.5 Å². The topological polar surface area (TPSA) is 162 Å². The minimum Gasteiger partial charge on any atom is -0.434 e. The highest BCUT2D eigenvalue weighted by atomic mass is 35.5. The molecule has 3 atom stereocenters. The average molecular weight is 695 g/mol. The Hall–Kier alpha value is -3.94. The first kappa shape index (κ1) is 35.4. The first-order valence-corrected chi connectivity index (χ1v) is 17.7. The van der Waals surface area contributed by atoms with Crippen LogP contribution in [0, 0.1) is 12.8 Å². The number of fused-ring (bicyclic) bond motifs is 1. The van der Waals surface area contributed by atoms with Crippen molar-refractivity contribution in [3.05, 3.63) is 94.8 Å². The summed E-state index contributed by atoms with van der Waals surface area (Å²) in [6, 6.07) is 19.5. The van der Waals surface area contributed by atoms with E-state index in [2.05, 4.69) is 9.71 Å². The number of aryl methyl sites for hydroxylation is 1. The van der Waals surface area contributed by atoms with Gasteiger partial charge in [-0.2, -0.15) is 0 Å². The molecule has 1 fully saturated rings. The van der Waals surface area contributed by atoms with Crippen LogP contribution in [0.3, 0.4) is 0 Å². The van der Waals surface area contributed by atoms with Crippen LogP contribution in [0.4, 0.5) is 0 Å². The molecular formula is C35H39ClN4O7S. The van der Waals surface area contributed by atoms with Gasteiger partial charge < -0.3 is 19.8 Å². The molecule has 5 rings (SSSR count). The van der Waals surface area contributed by atoms with Crippen molar-refractivity contribution in [2.75, 3.05) is 19.6 Å². The van der Waals surface area contributed by atoms with Gasteiger partial charge in [0.05, 0.1) is 30.2 Å². The summed E-state index contributed by atoms with van der Waals surface area (Å²) < 4.78 is 40.1. The van der Waals surface area contributed by atoms with Crippen LogP contribution in [0.2, 0.25) is 5.02 Å². The van der Waals surface area contributed by atoms with E-state index in [-0.39, 0.29) is 42.6 Å². The number of carbonyl (C=O) groups excluding carboxylic acids is 3. The second-order valence-electron chi connectivity index (χ2n) is 12.0. The Bertz CT molecular complexity index is 1810. The summed E-state index contributed by atoms with van der Waals surface area (Å²) in [4.78, 5) is 47.0. The zero-order valence-electron chi connectivity index (χ0n) is 26.6. The first-order chi connectivity index (χ1) is 23.0. The van der Waals surface area contributed by atoms with Crippen LogP contribution >= 0.6 is 11.6 Å². The molecule has 11 nitrogen and oxygen atoms in total. The van der Waals surface area contributed by atoms with Gasteiger partial charge in [-0.25, -0.2) is 18.1 Å². The van der Waals surface area contributed by atoms with E-state index in [1.54, 1.807) is 48.5 Å². The molecule has 0 spiro atoms. The summed E-state index contributed by atoms with van der Waals surface area (Å²) in [6.45, 7) is 2.03. The van der Waals surface area contributed by atoms with E-state index in [0.717, 1.165) is 11.1 Å². The molecule has 0 bridgehead atoms. The Kier molecular flexibility index (Phi) is 11.8. The second kappa shape index (κ2) is 16.0. The molecule has 1 saturated heterocycles. The number of hydrogen-bond donors (Lipinski definition) is 2.